The molecule has 2 amide bonds. The smallest absolute Gasteiger partial charge is 0.261 e. The fourth-order valence-corrected chi connectivity index (χ4v) is 5.43. The molecule has 2 aliphatic rings. The Morgan fingerprint density at radius 2 is 2.00 bits per heavy atom. The third-order valence-electron chi connectivity index (χ3n) is 7.64. The van der Waals surface area contributed by atoms with Crippen LogP contribution in [-0.4, -0.2) is 50.1 Å². The van der Waals surface area contributed by atoms with Crippen molar-refractivity contribution < 1.29 is 23.5 Å². The molecule has 0 spiro atoms. The van der Waals surface area contributed by atoms with Crippen LogP contribution in [0.2, 0.25) is 0 Å². The number of halogens is 1. The normalized spacial score (nSPS) is 20.6. The van der Waals surface area contributed by atoms with Crippen molar-refractivity contribution in [2.24, 2.45) is 5.92 Å². The highest BCUT2D eigenvalue weighted by Crippen LogP contribution is 2.41. The molecule has 1 saturated heterocycles. The van der Waals surface area contributed by atoms with E-state index in [1.54, 1.807) is 0 Å². The maximum absolute atomic E-state index is 13.7. The molecule has 2 aromatic carbocycles. The highest BCUT2D eigenvalue weighted by molar-refractivity contribution is 5.86. The largest absolute Gasteiger partial charge is 0.494 e. The van der Waals surface area contributed by atoms with Crippen molar-refractivity contribution in [3.8, 4) is 11.5 Å². The number of hydrogen-bond donors (Lipinski definition) is 1. The van der Waals surface area contributed by atoms with Crippen LogP contribution in [0.4, 0.5) is 4.39 Å². The topological polar surface area (TPSA) is 67.9 Å². The average Bonchev–Trinajstić information content (AvgIpc) is 3.36. The second-order valence-electron chi connectivity index (χ2n) is 10.1. The van der Waals surface area contributed by atoms with Crippen molar-refractivity contribution in [1.29, 1.82) is 0 Å². The van der Waals surface area contributed by atoms with E-state index in [9.17, 15) is 14.0 Å². The number of carbonyl (C=O) groups excluding carboxylic acids is 2. The molecule has 1 N–H and O–H groups in total. The number of methoxy groups -OCH3 is 1. The molecule has 7 heteroatoms. The number of ether oxygens (including phenoxy) is 2. The lowest BCUT2D eigenvalue weighted by Crippen LogP contribution is -2.51. The molecule has 0 radical (unpaired) electrons. The van der Waals surface area contributed by atoms with E-state index in [2.05, 4.69) is 24.4 Å². The summed E-state index contributed by atoms with van der Waals surface area (Å²) >= 11 is 0. The monoisotopic (exact) mass is 496 g/mol. The van der Waals surface area contributed by atoms with Crippen molar-refractivity contribution in [1.82, 2.24) is 10.2 Å². The lowest BCUT2D eigenvalue weighted by molar-refractivity contribution is -0.139. The number of nitrogens with zero attached hydrogens (tertiary/aromatic N) is 1. The van der Waals surface area contributed by atoms with Gasteiger partial charge in [0, 0.05) is 13.1 Å². The van der Waals surface area contributed by atoms with Crippen LogP contribution in [0.25, 0.3) is 0 Å². The maximum Gasteiger partial charge on any atom is 0.261 e. The molecule has 0 aromatic heterocycles. The van der Waals surface area contributed by atoms with Gasteiger partial charge in [-0.15, -0.1) is 0 Å². The maximum atomic E-state index is 13.7. The van der Waals surface area contributed by atoms with E-state index in [4.69, 9.17) is 9.47 Å². The fourth-order valence-electron chi connectivity index (χ4n) is 5.43. The van der Waals surface area contributed by atoms with Crippen LogP contribution in [0.1, 0.15) is 68.4 Å². The third-order valence-corrected chi connectivity index (χ3v) is 7.64. The molecule has 194 valence electrons. The number of nitrogens with one attached hydrogen (secondary N) is 1. The Labute approximate surface area is 213 Å². The predicted molar refractivity (Wildman–Crippen MR) is 137 cm³/mol. The van der Waals surface area contributed by atoms with Gasteiger partial charge < -0.3 is 19.7 Å². The first-order valence-electron chi connectivity index (χ1n) is 13.0. The first-order valence-corrected chi connectivity index (χ1v) is 13.0. The molecule has 4 rings (SSSR count). The molecule has 2 aromatic rings. The summed E-state index contributed by atoms with van der Waals surface area (Å²) in [5.74, 6) is 2.06. The van der Waals surface area contributed by atoms with Gasteiger partial charge in [0.05, 0.1) is 13.7 Å². The van der Waals surface area contributed by atoms with Gasteiger partial charge in [-0.1, -0.05) is 38.0 Å². The van der Waals surface area contributed by atoms with E-state index in [0.717, 1.165) is 24.3 Å². The van der Waals surface area contributed by atoms with Gasteiger partial charge in [0.15, 0.2) is 18.2 Å². The fraction of sp³-hybridized carbons (Fsp3) is 0.517. The molecule has 1 aliphatic heterocycles. The van der Waals surface area contributed by atoms with E-state index in [1.807, 2.05) is 24.3 Å². The Hall–Kier alpha value is -3.09. The van der Waals surface area contributed by atoms with E-state index in [0.29, 0.717) is 36.4 Å². The van der Waals surface area contributed by atoms with E-state index < -0.39 is 0 Å². The molecule has 1 heterocycles. The minimum Gasteiger partial charge on any atom is -0.494 e. The first-order chi connectivity index (χ1) is 17.4. The molecule has 3 atom stereocenters. The Kier molecular flexibility index (Phi) is 8.83. The lowest BCUT2D eigenvalue weighted by Gasteiger charge is -2.26. The summed E-state index contributed by atoms with van der Waals surface area (Å²) in [6.45, 7) is 3.26. The Bertz CT molecular complexity index is 1040. The van der Waals surface area contributed by atoms with Gasteiger partial charge in [-0.25, -0.2) is 4.39 Å². The van der Waals surface area contributed by atoms with E-state index >= 15 is 0 Å². The van der Waals surface area contributed by atoms with Crippen molar-refractivity contribution >= 4 is 11.8 Å². The van der Waals surface area contributed by atoms with Crippen molar-refractivity contribution in [2.45, 2.75) is 57.3 Å². The lowest BCUT2D eigenvalue weighted by atomic mass is 9.91. The average molecular weight is 497 g/mol. The van der Waals surface area contributed by atoms with Crippen LogP contribution in [0, 0.1) is 11.7 Å². The summed E-state index contributed by atoms with van der Waals surface area (Å²) in [6, 6.07) is 13.3. The number of hydrogen-bond acceptors (Lipinski definition) is 4. The molecule has 0 bridgehead atoms. The first kappa shape index (κ1) is 26.0. The molecular weight excluding hydrogens is 459 g/mol. The van der Waals surface area contributed by atoms with Crippen LogP contribution in [-0.2, 0) is 9.59 Å². The minimum atomic E-state index is -0.313. The van der Waals surface area contributed by atoms with Crippen molar-refractivity contribution in [3.05, 3.63) is 59.4 Å². The molecule has 36 heavy (non-hydrogen) atoms. The zero-order valence-corrected chi connectivity index (χ0v) is 21.3. The number of rotatable bonds is 10. The SMILES string of the molecule is COc1cc(C(C)CCCC2CCC(c3ccc(OCC(=O)N4CCNC(=O)C4)cc3)C2)ccc1F. The van der Waals surface area contributed by atoms with Gasteiger partial charge in [-0.3, -0.25) is 9.59 Å². The van der Waals surface area contributed by atoms with Gasteiger partial charge >= 0.3 is 0 Å². The third kappa shape index (κ3) is 6.77. The van der Waals surface area contributed by atoms with Crippen LogP contribution < -0.4 is 14.8 Å². The summed E-state index contributed by atoms with van der Waals surface area (Å²) in [4.78, 5) is 25.3. The van der Waals surface area contributed by atoms with Gasteiger partial charge in [-0.05, 0) is 78.8 Å². The van der Waals surface area contributed by atoms with Crippen LogP contribution in [0.5, 0.6) is 11.5 Å². The minimum absolute atomic E-state index is 0.0543. The predicted octanol–water partition coefficient (Wildman–Crippen LogP) is 5.03. The molecule has 1 aliphatic carbocycles. The summed E-state index contributed by atoms with van der Waals surface area (Å²) in [7, 11) is 1.50. The molecule has 1 saturated carbocycles. The molecule has 3 unspecified atom stereocenters. The quantitative estimate of drug-likeness (QED) is 0.501. The number of benzene rings is 2. The zero-order chi connectivity index (χ0) is 25.5. The summed E-state index contributed by atoms with van der Waals surface area (Å²) in [5.41, 5.74) is 2.46. The molecule has 6 nitrogen and oxygen atoms in total. The molecule has 2 fully saturated rings. The van der Waals surface area contributed by atoms with Gasteiger partial charge in [0.25, 0.3) is 5.91 Å². The Morgan fingerprint density at radius 1 is 1.19 bits per heavy atom. The van der Waals surface area contributed by atoms with Crippen LogP contribution in [0.15, 0.2) is 42.5 Å². The second kappa shape index (κ2) is 12.2. The zero-order valence-electron chi connectivity index (χ0n) is 21.3. The summed E-state index contributed by atoms with van der Waals surface area (Å²) in [5, 5.41) is 2.72. The Balaban J connectivity index is 1.18. The van der Waals surface area contributed by atoms with Crippen molar-refractivity contribution in [3.63, 3.8) is 0 Å². The van der Waals surface area contributed by atoms with Crippen molar-refractivity contribution in [2.75, 3.05) is 33.4 Å². The Morgan fingerprint density at radius 3 is 2.75 bits per heavy atom. The van der Waals surface area contributed by atoms with Gasteiger partial charge in [0.1, 0.15) is 5.75 Å². The van der Waals surface area contributed by atoms with Crippen LogP contribution >= 0.6 is 0 Å². The van der Waals surface area contributed by atoms with E-state index in [-0.39, 0.29) is 30.8 Å². The van der Waals surface area contributed by atoms with Gasteiger partial charge in [-0.2, -0.15) is 0 Å². The van der Waals surface area contributed by atoms with Gasteiger partial charge in [0.2, 0.25) is 5.91 Å². The van der Waals surface area contributed by atoms with E-state index in [1.165, 1.54) is 49.3 Å². The number of amides is 2. The number of piperazine rings is 1. The second-order valence-corrected chi connectivity index (χ2v) is 10.1. The highest BCUT2D eigenvalue weighted by atomic mass is 19.1. The summed E-state index contributed by atoms with van der Waals surface area (Å²) in [6.07, 6.45) is 7.12. The molecular formula is C29H37FN2O4. The highest BCUT2D eigenvalue weighted by Gasteiger charge is 2.26. The number of carbonyl (C=O) groups is 2. The van der Waals surface area contributed by atoms with Crippen LogP contribution in [0.3, 0.4) is 0 Å². The standard InChI is InChI=1S/C29H37FN2O4/c1-20(23-10-13-26(30)27(17-23)35-2)4-3-5-21-6-7-24(16-21)22-8-11-25(12-9-22)36-19-29(34)32-15-14-31-28(33)18-32/h8-13,17,20-21,24H,3-7,14-16,18-19H2,1-2H3,(H,31,33). The summed E-state index contributed by atoms with van der Waals surface area (Å²) < 4.78 is 24.5.